The fourth-order valence-corrected chi connectivity index (χ4v) is 1.83. The van der Waals surface area contributed by atoms with E-state index in [-0.39, 0.29) is 6.04 Å². The highest BCUT2D eigenvalue weighted by molar-refractivity contribution is 5.19. The van der Waals surface area contributed by atoms with Gasteiger partial charge in [0.15, 0.2) is 0 Å². The van der Waals surface area contributed by atoms with Crippen LogP contribution in [0.4, 0.5) is 0 Å². The van der Waals surface area contributed by atoms with Gasteiger partial charge in [0.05, 0.1) is 31.4 Å². The van der Waals surface area contributed by atoms with Gasteiger partial charge in [0, 0.05) is 6.07 Å². The molecule has 0 fully saturated rings. The number of aromatic nitrogens is 2. The van der Waals surface area contributed by atoms with Gasteiger partial charge >= 0.3 is 0 Å². The van der Waals surface area contributed by atoms with Crippen molar-refractivity contribution in [1.82, 2.24) is 15.3 Å². The number of nitrogens with zero attached hydrogens (tertiary/aromatic N) is 2. The summed E-state index contributed by atoms with van der Waals surface area (Å²) in [6.07, 6.45) is 5.78. The molecule has 0 aromatic carbocycles. The van der Waals surface area contributed by atoms with Crippen molar-refractivity contribution in [3.05, 3.63) is 42.2 Å². The lowest BCUT2D eigenvalue weighted by molar-refractivity contribution is 0.393. The molecule has 1 unspecified atom stereocenters. The summed E-state index contributed by atoms with van der Waals surface area (Å²) in [5, 5.41) is 3.40. The highest BCUT2D eigenvalue weighted by Crippen LogP contribution is 2.19. The molecule has 2 heterocycles. The Labute approximate surface area is 106 Å². The molecular formula is C13H17N3O2. The second kappa shape index (κ2) is 6.16. The Morgan fingerprint density at radius 1 is 1.44 bits per heavy atom. The van der Waals surface area contributed by atoms with Crippen LogP contribution in [-0.4, -0.2) is 23.6 Å². The number of ether oxygens (including phenoxy) is 1. The summed E-state index contributed by atoms with van der Waals surface area (Å²) in [6.45, 7) is 2.94. The van der Waals surface area contributed by atoms with Crippen molar-refractivity contribution in [2.45, 2.75) is 19.4 Å². The minimum Gasteiger partial charge on any atom is -0.481 e. The monoisotopic (exact) mass is 247 g/mol. The smallest absolute Gasteiger partial charge is 0.216 e. The quantitative estimate of drug-likeness (QED) is 0.845. The Morgan fingerprint density at radius 3 is 3.00 bits per heavy atom. The number of nitrogens with one attached hydrogen (secondary N) is 1. The Bertz CT molecular complexity index is 471. The summed E-state index contributed by atoms with van der Waals surface area (Å²) in [6, 6.07) is 3.94. The van der Waals surface area contributed by atoms with E-state index in [4.69, 9.17) is 9.15 Å². The molecule has 18 heavy (non-hydrogen) atoms. The summed E-state index contributed by atoms with van der Waals surface area (Å²) in [5.74, 6) is 0.579. The lowest BCUT2D eigenvalue weighted by Crippen LogP contribution is -2.23. The number of likely N-dealkylation sites (N-methyl/N-ethyl adjacent to an activating group) is 1. The van der Waals surface area contributed by atoms with Crippen molar-refractivity contribution < 1.29 is 9.15 Å². The van der Waals surface area contributed by atoms with Gasteiger partial charge in [-0.15, -0.1) is 0 Å². The molecule has 0 saturated heterocycles. The van der Waals surface area contributed by atoms with Crippen molar-refractivity contribution in [2.75, 3.05) is 13.7 Å². The summed E-state index contributed by atoms with van der Waals surface area (Å²) in [7, 11) is 1.60. The van der Waals surface area contributed by atoms with Gasteiger partial charge in [-0.1, -0.05) is 6.92 Å². The van der Waals surface area contributed by atoms with Crippen LogP contribution in [0.5, 0.6) is 5.88 Å². The molecule has 0 bridgehead atoms. The first-order chi connectivity index (χ1) is 8.83. The predicted octanol–water partition coefficient (Wildman–Crippen LogP) is 1.97. The van der Waals surface area contributed by atoms with Gasteiger partial charge in [0.1, 0.15) is 6.33 Å². The molecular weight excluding hydrogens is 230 g/mol. The van der Waals surface area contributed by atoms with Crippen molar-refractivity contribution in [3.8, 4) is 5.88 Å². The van der Waals surface area contributed by atoms with Crippen molar-refractivity contribution in [1.29, 1.82) is 0 Å². The fourth-order valence-electron chi connectivity index (χ4n) is 1.83. The van der Waals surface area contributed by atoms with Gasteiger partial charge in [0.2, 0.25) is 5.88 Å². The van der Waals surface area contributed by atoms with Gasteiger partial charge in [-0.25, -0.2) is 9.97 Å². The molecule has 5 heteroatoms. The Kier molecular flexibility index (Phi) is 4.30. The van der Waals surface area contributed by atoms with E-state index in [1.54, 1.807) is 19.6 Å². The average Bonchev–Trinajstić information content (AvgIpc) is 2.91. The third-order valence-corrected chi connectivity index (χ3v) is 2.70. The first kappa shape index (κ1) is 12.6. The van der Waals surface area contributed by atoms with Gasteiger partial charge in [-0.3, -0.25) is 0 Å². The Morgan fingerprint density at radius 2 is 2.33 bits per heavy atom. The molecule has 0 amide bonds. The van der Waals surface area contributed by atoms with Crippen LogP contribution in [0.25, 0.3) is 0 Å². The lowest BCUT2D eigenvalue weighted by Gasteiger charge is -2.16. The number of rotatable bonds is 6. The Hall–Kier alpha value is -1.88. The minimum atomic E-state index is 0.129. The van der Waals surface area contributed by atoms with E-state index in [2.05, 4.69) is 22.2 Å². The van der Waals surface area contributed by atoms with Crippen LogP contribution in [-0.2, 0) is 6.42 Å². The molecule has 1 atom stereocenters. The van der Waals surface area contributed by atoms with E-state index < -0.39 is 0 Å². The second-order valence-corrected chi connectivity index (χ2v) is 3.93. The molecule has 5 nitrogen and oxygen atoms in total. The predicted molar refractivity (Wildman–Crippen MR) is 67.4 cm³/mol. The van der Waals surface area contributed by atoms with Crippen LogP contribution in [0, 0.1) is 0 Å². The van der Waals surface area contributed by atoms with Crippen LogP contribution in [0.15, 0.2) is 35.4 Å². The minimum absolute atomic E-state index is 0.129. The average molecular weight is 247 g/mol. The largest absolute Gasteiger partial charge is 0.481 e. The highest BCUT2D eigenvalue weighted by atomic mass is 16.5. The Balaban J connectivity index is 2.17. The molecule has 0 saturated carbocycles. The third kappa shape index (κ3) is 3.07. The molecule has 1 N–H and O–H groups in total. The fraction of sp³-hybridized carbons (Fsp3) is 0.385. The topological polar surface area (TPSA) is 60.2 Å². The highest BCUT2D eigenvalue weighted by Gasteiger charge is 2.14. The lowest BCUT2D eigenvalue weighted by atomic mass is 10.1. The maximum absolute atomic E-state index is 5.12. The van der Waals surface area contributed by atoms with Crippen LogP contribution >= 0.6 is 0 Å². The molecule has 2 aromatic heterocycles. The van der Waals surface area contributed by atoms with Crippen molar-refractivity contribution in [3.63, 3.8) is 0 Å². The third-order valence-electron chi connectivity index (χ3n) is 2.70. The molecule has 2 rings (SSSR count). The van der Waals surface area contributed by atoms with Crippen molar-refractivity contribution in [2.24, 2.45) is 0 Å². The van der Waals surface area contributed by atoms with E-state index >= 15 is 0 Å². The van der Waals surface area contributed by atoms with Crippen LogP contribution < -0.4 is 10.1 Å². The molecule has 0 radical (unpaired) electrons. The van der Waals surface area contributed by atoms with E-state index in [0.717, 1.165) is 24.2 Å². The van der Waals surface area contributed by atoms with Crippen molar-refractivity contribution >= 4 is 0 Å². The van der Waals surface area contributed by atoms with E-state index in [1.165, 1.54) is 6.33 Å². The standard InChI is InChI=1S/C13H17N3O2/c1-3-14-11(6-10-4-5-18-8-10)12-7-13(17-2)16-9-15-12/h4-5,7-9,11,14H,3,6H2,1-2H3. The maximum atomic E-state index is 5.12. The molecule has 96 valence electrons. The SMILES string of the molecule is CCNC(Cc1ccoc1)c1cc(OC)ncn1. The summed E-state index contributed by atoms with van der Waals surface area (Å²) >= 11 is 0. The molecule has 0 aliphatic carbocycles. The first-order valence-electron chi connectivity index (χ1n) is 5.94. The van der Waals surface area contributed by atoms with Crippen LogP contribution in [0.3, 0.4) is 0 Å². The van der Waals surface area contributed by atoms with E-state index in [1.807, 2.05) is 12.1 Å². The van der Waals surface area contributed by atoms with Crippen LogP contribution in [0.1, 0.15) is 24.2 Å². The zero-order chi connectivity index (χ0) is 12.8. The van der Waals surface area contributed by atoms with Gasteiger partial charge < -0.3 is 14.5 Å². The summed E-state index contributed by atoms with van der Waals surface area (Å²) in [4.78, 5) is 8.32. The van der Waals surface area contributed by atoms with Gasteiger partial charge in [-0.05, 0) is 24.6 Å². The number of furan rings is 1. The zero-order valence-corrected chi connectivity index (χ0v) is 10.6. The van der Waals surface area contributed by atoms with E-state index in [9.17, 15) is 0 Å². The summed E-state index contributed by atoms with van der Waals surface area (Å²) < 4.78 is 10.2. The zero-order valence-electron chi connectivity index (χ0n) is 10.6. The second-order valence-electron chi connectivity index (χ2n) is 3.93. The van der Waals surface area contributed by atoms with Gasteiger partial charge in [-0.2, -0.15) is 0 Å². The van der Waals surface area contributed by atoms with E-state index in [0.29, 0.717) is 5.88 Å². The summed E-state index contributed by atoms with van der Waals surface area (Å²) in [5.41, 5.74) is 2.06. The number of hydrogen-bond donors (Lipinski definition) is 1. The van der Waals surface area contributed by atoms with Crippen LogP contribution in [0.2, 0.25) is 0 Å². The van der Waals surface area contributed by atoms with Gasteiger partial charge in [0.25, 0.3) is 0 Å². The molecule has 0 aliphatic heterocycles. The maximum Gasteiger partial charge on any atom is 0.216 e. The number of methoxy groups -OCH3 is 1. The molecule has 2 aromatic rings. The normalized spacial score (nSPS) is 12.3. The molecule has 0 aliphatic rings. The number of hydrogen-bond acceptors (Lipinski definition) is 5. The molecule has 0 spiro atoms. The first-order valence-corrected chi connectivity index (χ1v) is 5.94.